The van der Waals surface area contributed by atoms with E-state index < -0.39 is 37.3 Å². The van der Waals surface area contributed by atoms with Gasteiger partial charge in [0.25, 0.3) is 0 Å². The summed E-state index contributed by atoms with van der Waals surface area (Å²) in [6.07, 6.45) is -6.22. The minimum absolute atomic E-state index is 0.317. The van der Waals surface area contributed by atoms with Gasteiger partial charge in [-0.1, -0.05) is 29.8 Å². The summed E-state index contributed by atoms with van der Waals surface area (Å²) in [6, 6.07) is 15.1. The minimum Gasteiger partial charge on any atom is -0.462 e. The van der Waals surface area contributed by atoms with E-state index in [1.54, 1.807) is 48.5 Å². The summed E-state index contributed by atoms with van der Waals surface area (Å²) in [6.45, 7) is -0.507. The van der Waals surface area contributed by atoms with Gasteiger partial charge in [0.05, 0.1) is 6.61 Å². The standard InChI is InChI=1S/C19H19ClO7S/c20-11-6-8-13(9-7-11)25-19(28)27-17-15(22)14(10-21)26-18(16(17)23)24-12-4-2-1-3-5-12/h1-9,14-18,21-23H,10H2/t14-,15-,16+,17+,18-/m1/s1. The summed E-state index contributed by atoms with van der Waals surface area (Å²) in [5.41, 5.74) is 0. The maximum atomic E-state index is 10.6. The number of halogens is 1. The van der Waals surface area contributed by atoms with Crippen molar-refractivity contribution in [3.05, 3.63) is 59.6 Å². The molecular formula is C19H19ClO7S. The van der Waals surface area contributed by atoms with Gasteiger partial charge in [-0.25, -0.2) is 0 Å². The third-order valence-electron chi connectivity index (χ3n) is 4.06. The summed E-state index contributed by atoms with van der Waals surface area (Å²) >= 11 is 10.9. The topological polar surface area (TPSA) is 97.6 Å². The van der Waals surface area contributed by atoms with Crippen LogP contribution in [0.5, 0.6) is 11.5 Å². The van der Waals surface area contributed by atoms with Gasteiger partial charge in [-0.3, -0.25) is 0 Å². The monoisotopic (exact) mass is 426 g/mol. The molecule has 0 aromatic heterocycles. The van der Waals surface area contributed by atoms with Gasteiger partial charge in [0.15, 0.2) is 12.2 Å². The predicted octanol–water partition coefficient (Wildman–Crippen LogP) is 1.91. The van der Waals surface area contributed by atoms with Crippen LogP contribution < -0.4 is 9.47 Å². The lowest BCUT2D eigenvalue weighted by atomic mass is 9.99. The molecule has 2 aromatic carbocycles. The van der Waals surface area contributed by atoms with E-state index in [1.807, 2.05) is 6.07 Å². The minimum atomic E-state index is -1.40. The summed E-state index contributed by atoms with van der Waals surface area (Å²) < 4.78 is 21.9. The smallest absolute Gasteiger partial charge is 0.358 e. The molecule has 0 radical (unpaired) electrons. The number of para-hydroxylation sites is 1. The Morgan fingerprint density at radius 1 is 1.00 bits per heavy atom. The second-order valence-corrected chi connectivity index (χ2v) is 6.80. The zero-order valence-corrected chi connectivity index (χ0v) is 16.1. The van der Waals surface area contributed by atoms with Crippen LogP contribution in [0, 0.1) is 0 Å². The lowest BCUT2D eigenvalue weighted by Crippen LogP contribution is -2.61. The molecule has 0 spiro atoms. The number of thiocarbonyl (C=S) groups is 1. The molecular weight excluding hydrogens is 408 g/mol. The molecule has 2 aromatic rings. The fraction of sp³-hybridized carbons (Fsp3) is 0.316. The van der Waals surface area contributed by atoms with Crippen LogP contribution in [0.4, 0.5) is 0 Å². The first-order valence-electron chi connectivity index (χ1n) is 8.46. The lowest BCUT2D eigenvalue weighted by Gasteiger charge is -2.41. The van der Waals surface area contributed by atoms with E-state index in [9.17, 15) is 15.3 Å². The predicted molar refractivity (Wildman–Crippen MR) is 104 cm³/mol. The SMILES string of the molecule is OC[C@H]1O[C@@H](Oc2ccccc2)[C@@H](O)[C@@H](OC(=S)Oc2ccc(Cl)cc2)[C@@H]1O. The van der Waals surface area contributed by atoms with Crippen LogP contribution in [0.1, 0.15) is 0 Å². The Morgan fingerprint density at radius 3 is 2.32 bits per heavy atom. The van der Waals surface area contributed by atoms with Crippen LogP contribution in [-0.4, -0.2) is 57.9 Å². The molecule has 0 saturated carbocycles. The van der Waals surface area contributed by atoms with Gasteiger partial charge < -0.3 is 34.3 Å². The second kappa shape index (κ2) is 9.51. The second-order valence-electron chi connectivity index (χ2n) is 6.03. The molecule has 0 amide bonds. The Bertz CT molecular complexity index is 774. The fourth-order valence-electron chi connectivity index (χ4n) is 2.66. The first-order valence-corrected chi connectivity index (χ1v) is 9.24. The summed E-state index contributed by atoms with van der Waals surface area (Å²) in [4.78, 5) is 0. The van der Waals surface area contributed by atoms with Crippen molar-refractivity contribution in [2.45, 2.75) is 30.7 Å². The molecule has 0 unspecified atom stereocenters. The normalized spacial score (nSPS) is 27.1. The van der Waals surface area contributed by atoms with Crippen LogP contribution in [0.25, 0.3) is 0 Å². The molecule has 1 aliphatic rings. The molecule has 3 rings (SSSR count). The highest BCUT2D eigenvalue weighted by Crippen LogP contribution is 2.27. The molecule has 150 valence electrons. The number of hydrogen-bond acceptors (Lipinski definition) is 8. The zero-order chi connectivity index (χ0) is 20.1. The Morgan fingerprint density at radius 2 is 1.68 bits per heavy atom. The van der Waals surface area contributed by atoms with Crippen molar-refractivity contribution < 1.29 is 34.3 Å². The van der Waals surface area contributed by atoms with Crippen molar-refractivity contribution in [1.29, 1.82) is 0 Å². The van der Waals surface area contributed by atoms with Crippen molar-refractivity contribution in [1.82, 2.24) is 0 Å². The summed E-state index contributed by atoms with van der Waals surface area (Å²) in [5.74, 6) is 0.819. The fourth-order valence-corrected chi connectivity index (χ4v) is 2.99. The van der Waals surface area contributed by atoms with Gasteiger partial charge in [0, 0.05) is 17.2 Å². The third kappa shape index (κ3) is 5.11. The average molecular weight is 427 g/mol. The van der Waals surface area contributed by atoms with E-state index in [4.69, 9.17) is 42.8 Å². The summed E-state index contributed by atoms with van der Waals surface area (Å²) in [7, 11) is 0. The number of ether oxygens (including phenoxy) is 4. The number of benzene rings is 2. The third-order valence-corrected chi connectivity index (χ3v) is 4.50. The first-order chi connectivity index (χ1) is 13.5. The Balaban J connectivity index is 1.69. The molecule has 0 aliphatic carbocycles. The van der Waals surface area contributed by atoms with Crippen LogP contribution in [0.15, 0.2) is 54.6 Å². The maximum absolute atomic E-state index is 10.6. The highest BCUT2D eigenvalue weighted by molar-refractivity contribution is 7.79. The van der Waals surface area contributed by atoms with E-state index >= 15 is 0 Å². The van der Waals surface area contributed by atoms with Crippen LogP contribution in [0.2, 0.25) is 5.02 Å². The highest BCUT2D eigenvalue weighted by atomic mass is 35.5. The highest BCUT2D eigenvalue weighted by Gasteiger charge is 2.47. The number of rotatable bonds is 5. The Hall–Kier alpha value is -1.94. The zero-order valence-electron chi connectivity index (χ0n) is 14.6. The van der Waals surface area contributed by atoms with Crippen molar-refractivity contribution >= 4 is 29.1 Å². The molecule has 3 N–H and O–H groups in total. The lowest BCUT2D eigenvalue weighted by molar-refractivity contribution is -0.275. The average Bonchev–Trinajstić information content (AvgIpc) is 2.70. The number of aliphatic hydroxyl groups excluding tert-OH is 3. The molecule has 0 bridgehead atoms. The quantitative estimate of drug-likeness (QED) is 0.624. The number of aliphatic hydroxyl groups is 3. The molecule has 5 atom stereocenters. The van der Waals surface area contributed by atoms with Crippen LogP contribution in [-0.2, 0) is 9.47 Å². The van der Waals surface area contributed by atoms with Crippen molar-refractivity contribution in [3.8, 4) is 11.5 Å². The molecule has 1 heterocycles. The molecule has 28 heavy (non-hydrogen) atoms. The van der Waals surface area contributed by atoms with Crippen LogP contribution >= 0.6 is 23.8 Å². The van der Waals surface area contributed by atoms with Crippen molar-refractivity contribution in [3.63, 3.8) is 0 Å². The summed E-state index contributed by atoms with van der Waals surface area (Å²) in [5, 5.41) is 30.7. The molecule has 1 saturated heterocycles. The van der Waals surface area contributed by atoms with E-state index in [0.29, 0.717) is 16.5 Å². The van der Waals surface area contributed by atoms with Gasteiger partial charge in [-0.2, -0.15) is 0 Å². The first kappa shape index (κ1) is 20.8. The van der Waals surface area contributed by atoms with E-state index in [2.05, 4.69) is 0 Å². The Kier molecular flexibility index (Phi) is 7.06. The molecule has 1 fully saturated rings. The van der Waals surface area contributed by atoms with E-state index in [0.717, 1.165) is 0 Å². The van der Waals surface area contributed by atoms with Gasteiger partial charge in [0.1, 0.15) is 23.7 Å². The molecule has 7 nitrogen and oxygen atoms in total. The maximum Gasteiger partial charge on any atom is 0.358 e. The van der Waals surface area contributed by atoms with E-state index in [1.165, 1.54) is 0 Å². The van der Waals surface area contributed by atoms with Gasteiger partial charge >= 0.3 is 5.24 Å². The van der Waals surface area contributed by atoms with Crippen molar-refractivity contribution in [2.24, 2.45) is 0 Å². The van der Waals surface area contributed by atoms with E-state index in [-0.39, 0.29) is 5.24 Å². The Labute approximate surface area is 172 Å². The van der Waals surface area contributed by atoms with Gasteiger partial charge in [-0.05, 0) is 36.4 Å². The van der Waals surface area contributed by atoms with Crippen LogP contribution in [0.3, 0.4) is 0 Å². The number of hydrogen-bond donors (Lipinski definition) is 3. The van der Waals surface area contributed by atoms with Gasteiger partial charge in [0.2, 0.25) is 6.29 Å². The largest absolute Gasteiger partial charge is 0.462 e. The van der Waals surface area contributed by atoms with Gasteiger partial charge in [-0.15, -0.1) is 0 Å². The molecule has 9 heteroatoms. The van der Waals surface area contributed by atoms with Crippen molar-refractivity contribution in [2.75, 3.05) is 6.61 Å². The molecule has 1 aliphatic heterocycles.